The molecule has 2 aromatic rings. The smallest absolute Gasteiger partial charge is 0.242 e. The minimum absolute atomic E-state index is 0.0148. The molecule has 3 rings (SSSR count). The molecule has 2 aromatic carbocycles. The molecule has 1 heterocycles. The predicted octanol–water partition coefficient (Wildman–Crippen LogP) is 4.13. The second-order valence-corrected chi connectivity index (χ2v) is 5.62. The number of benzene rings is 2. The van der Waals surface area contributed by atoms with Gasteiger partial charge in [0, 0.05) is 9.92 Å². The van der Waals surface area contributed by atoms with E-state index in [1.807, 2.05) is 48.5 Å². The summed E-state index contributed by atoms with van der Waals surface area (Å²) in [7, 11) is 0. The summed E-state index contributed by atoms with van der Waals surface area (Å²) >= 11 is 7.43. The SMILES string of the molecule is O=C1Nc2ccccc2S[C@@H]1c1ccc(Cl)cc1. The highest BCUT2D eigenvalue weighted by Gasteiger charge is 2.27. The Bertz CT molecular complexity index is 597. The van der Waals surface area contributed by atoms with Gasteiger partial charge < -0.3 is 5.32 Å². The number of hydrogen-bond donors (Lipinski definition) is 1. The fraction of sp³-hybridized carbons (Fsp3) is 0.0714. The van der Waals surface area contributed by atoms with Crippen LogP contribution in [0.3, 0.4) is 0 Å². The number of carbonyl (C=O) groups excluding carboxylic acids is 1. The third kappa shape index (κ3) is 2.11. The highest BCUT2D eigenvalue weighted by atomic mass is 35.5. The molecule has 0 fully saturated rings. The molecule has 1 amide bonds. The monoisotopic (exact) mass is 275 g/mol. The zero-order chi connectivity index (χ0) is 12.5. The second kappa shape index (κ2) is 4.67. The summed E-state index contributed by atoms with van der Waals surface area (Å²) in [5.74, 6) is 0.0148. The molecule has 0 unspecified atom stereocenters. The van der Waals surface area contributed by atoms with Crippen LogP contribution in [0.5, 0.6) is 0 Å². The topological polar surface area (TPSA) is 29.1 Å². The summed E-state index contributed by atoms with van der Waals surface area (Å²) in [6, 6.07) is 15.2. The van der Waals surface area contributed by atoms with E-state index in [-0.39, 0.29) is 11.2 Å². The van der Waals surface area contributed by atoms with Crippen molar-refractivity contribution in [1.82, 2.24) is 0 Å². The van der Waals surface area contributed by atoms with Crippen molar-refractivity contribution in [2.45, 2.75) is 10.1 Å². The number of rotatable bonds is 1. The molecular weight excluding hydrogens is 266 g/mol. The van der Waals surface area contributed by atoms with Gasteiger partial charge in [-0.05, 0) is 29.8 Å². The number of halogens is 1. The maximum Gasteiger partial charge on any atom is 0.242 e. The molecule has 1 atom stereocenters. The van der Waals surface area contributed by atoms with Gasteiger partial charge in [-0.1, -0.05) is 35.9 Å². The number of amides is 1. The third-order valence-electron chi connectivity index (χ3n) is 2.80. The van der Waals surface area contributed by atoms with Crippen molar-refractivity contribution in [3.05, 3.63) is 59.1 Å². The van der Waals surface area contributed by atoms with Crippen molar-refractivity contribution in [2.24, 2.45) is 0 Å². The van der Waals surface area contributed by atoms with Gasteiger partial charge in [-0.3, -0.25) is 4.79 Å². The number of fused-ring (bicyclic) bond motifs is 1. The lowest BCUT2D eigenvalue weighted by atomic mass is 10.1. The summed E-state index contributed by atoms with van der Waals surface area (Å²) in [5.41, 5.74) is 1.86. The molecule has 0 spiro atoms. The van der Waals surface area contributed by atoms with Crippen LogP contribution in [0, 0.1) is 0 Å². The highest BCUT2D eigenvalue weighted by Crippen LogP contribution is 2.43. The minimum atomic E-state index is -0.211. The van der Waals surface area contributed by atoms with Crippen LogP contribution in [0.25, 0.3) is 0 Å². The van der Waals surface area contributed by atoms with Gasteiger partial charge in [0.2, 0.25) is 5.91 Å². The van der Waals surface area contributed by atoms with Crippen LogP contribution >= 0.6 is 23.4 Å². The average Bonchev–Trinajstić information content (AvgIpc) is 2.39. The number of nitrogens with one attached hydrogen (secondary N) is 1. The Morgan fingerprint density at radius 2 is 1.78 bits per heavy atom. The van der Waals surface area contributed by atoms with Crippen molar-refractivity contribution >= 4 is 35.0 Å². The van der Waals surface area contributed by atoms with Crippen LogP contribution in [0.1, 0.15) is 10.8 Å². The minimum Gasteiger partial charge on any atom is -0.324 e. The Morgan fingerprint density at radius 1 is 1.06 bits per heavy atom. The van der Waals surface area contributed by atoms with E-state index in [1.165, 1.54) is 0 Å². The standard InChI is InChI=1S/C14H10ClNOS/c15-10-7-5-9(6-8-10)13-14(17)16-11-3-1-2-4-12(11)18-13/h1-8,13H,(H,16,17)/t13-/m1/s1. The van der Waals surface area contributed by atoms with Crippen molar-refractivity contribution in [3.8, 4) is 0 Å². The predicted molar refractivity (Wildman–Crippen MR) is 75.1 cm³/mol. The Hall–Kier alpha value is -1.45. The first kappa shape index (κ1) is 11.6. The normalized spacial score (nSPS) is 18.1. The number of hydrogen-bond acceptors (Lipinski definition) is 2. The van der Waals surface area contributed by atoms with E-state index in [2.05, 4.69) is 5.32 Å². The summed E-state index contributed by atoms with van der Waals surface area (Å²) in [4.78, 5) is 13.2. The van der Waals surface area contributed by atoms with E-state index in [0.29, 0.717) is 5.02 Å². The summed E-state index contributed by atoms with van der Waals surface area (Å²) in [6.45, 7) is 0. The number of anilines is 1. The molecule has 90 valence electrons. The highest BCUT2D eigenvalue weighted by molar-refractivity contribution is 8.00. The fourth-order valence-electron chi connectivity index (χ4n) is 1.91. The van der Waals surface area contributed by atoms with E-state index < -0.39 is 0 Å². The van der Waals surface area contributed by atoms with Gasteiger partial charge in [0.05, 0.1) is 5.69 Å². The summed E-state index contributed by atoms with van der Waals surface area (Å²) in [6.07, 6.45) is 0. The van der Waals surface area contributed by atoms with E-state index in [0.717, 1.165) is 16.1 Å². The van der Waals surface area contributed by atoms with Crippen LogP contribution in [0.2, 0.25) is 5.02 Å². The largest absolute Gasteiger partial charge is 0.324 e. The molecular formula is C14H10ClNOS. The zero-order valence-electron chi connectivity index (χ0n) is 9.39. The van der Waals surface area contributed by atoms with Crippen molar-refractivity contribution in [2.75, 3.05) is 5.32 Å². The van der Waals surface area contributed by atoms with Crippen LogP contribution < -0.4 is 5.32 Å². The molecule has 4 heteroatoms. The molecule has 0 saturated heterocycles. The molecule has 0 radical (unpaired) electrons. The van der Waals surface area contributed by atoms with Crippen LogP contribution in [-0.2, 0) is 4.79 Å². The lowest BCUT2D eigenvalue weighted by Crippen LogP contribution is -2.22. The molecule has 1 aliphatic heterocycles. The maximum absolute atomic E-state index is 12.1. The molecule has 0 aliphatic carbocycles. The Balaban J connectivity index is 1.95. The van der Waals surface area contributed by atoms with Gasteiger partial charge in [-0.25, -0.2) is 0 Å². The van der Waals surface area contributed by atoms with E-state index in [9.17, 15) is 4.79 Å². The van der Waals surface area contributed by atoms with E-state index >= 15 is 0 Å². The van der Waals surface area contributed by atoms with Gasteiger partial charge in [0.1, 0.15) is 5.25 Å². The lowest BCUT2D eigenvalue weighted by Gasteiger charge is -2.24. The van der Waals surface area contributed by atoms with Gasteiger partial charge in [-0.15, -0.1) is 11.8 Å². The summed E-state index contributed by atoms with van der Waals surface area (Å²) < 4.78 is 0. The maximum atomic E-state index is 12.1. The Kier molecular flexibility index (Phi) is 3.02. The van der Waals surface area contributed by atoms with Crippen molar-refractivity contribution in [1.29, 1.82) is 0 Å². The first-order valence-electron chi connectivity index (χ1n) is 5.56. The quantitative estimate of drug-likeness (QED) is 0.848. The zero-order valence-corrected chi connectivity index (χ0v) is 11.0. The summed E-state index contributed by atoms with van der Waals surface area (Å²) in [5, 5.41) is 3.40. The van der Waals surface area contributed by atoms with Gasteiger partial charge in [0.15, 0.2) is 0 Å². The average molecular weight is 276 g/mol. The number of carbonyl (C=O) groups is 1. The fourth-order valence-corrected chi connectivity index (χ4v) is 3.15. The van der Waals surface area contributed by atoms with Gasteiger partial charge in [-0.2, -0.15) is 0 Å². The molecule has 0 bridgehead atoms. The van der Waals surface area contributed by atoms with Crippen molar-refractivity contribution in [3.63, 3.8) is 0 Å². The van der Waals surface area contributed by atoms with Crippen LogP contribution in [-0.4, -0.2) is 5.91 Å². The van der Waals surface area contributed by atoms with Crippen LogP contribution in [0.15, 0.2) is 53.4 Å². The molecule has 1 aliphatic rings. The molecule has 0 aromatic heterocycles. The number of para-hydroxylation sites is 1. The second-order valence-electron chi connectivity index (χ2n) is 4.03. The molecule has 1 N–H and O–H groups in total. The molecule has 0 saturated carbocycles. The first-order valence-corrected chi connectivity index (χ1v) is 6.82. The van der Waals surface area contributed by atoms with E-state index in [1.54, 1.807) is 11.8 Å². The first-order chi connectivity index (χ1) is 8.74. The van der Waals surface area contributed by atoms with Gasteiger partial charge in [0.25, 0.3) is 0 Å². The number of thioether (sulfide) groups is 1. The van der Waals surface area contributed by atoms with Crippen LogP contribution in [0.4, 0.5) is 5.69 Å². The Labute approximate surface area is 114 Å². The Morgan fingerprint density at radius 3 is 2.56 bits per heavy atom. The molecule has 18 heavy (non-hydrogen) atoms. The van der Waals surface area contributed by atoms with E-state index in [4.69, 9.17) is 11.6 Å². The molecule has 2 nitrogen and oxygen atoms in total. The van der Waals surface area contributed by atoms with Gasteiger partial charge >= 0.3 is 0 Å². The third-order valence-corrected chi connectivity index (χ3v) is 4.38. The lowest BCUT2D eigenvalue weighted by molar-refractivity contribution is -0.115. The van der Waals surface area contributed by atoms with Crippen molar-refractivity contribution < 1.29 is 4.79 Å².